The molecule has 4 heterocycles. The quantitative estimate of drug-likeness (QED) is 0.500. The molecule has 1 aliphatic rings. The molecule has 0 spiro atoms. The van der Waals surface area contributed by atoms with Gasteiger partial charge in [0, 0.05) is 29.3 Å². The molecule has 0 aliphatic carbocycles. The van der Waals surface area contributed by atoms with Crippen LogP contribution in [-0.4, -0.2) is 51.8 Å². The van der Waals surface area contributed by atoms with Gasteiger partial charge in [-0.1, -0.05) is 0 Å². The third kappa shape index (κ3) is 3.49. The number of fused-ring (bicyclic) bond motifs is 1. The topological polar surface area (TPSA) is 96.8 Å². The minimum Gasteiger partial charge on any atom is -0.344 e. The highest BCUT2D eigenvalue weighted by molar-refractivity contribution is 7.89. The summed E-state index contributed by atoms with van der Waals surface area (Å²) in [5.74, 6) is -0.886. The van der Waals surface area contributed by atoms with Crippen LogP contribution >= 0.6 is 0 Å². The molecule has 32 heavy (non-hydrogen) atoms. The zero-order valence-electron chi connectivity index (χ0n) is 16.7. The fraction of sp³-hybridized carbons (Fsp3) is 0.250. The largest absolute Gasteiger partial charge is 0.344 e. The van der Waals surface area contributed by atoms with Gasteiger partial charge in [0.2, 0.25) is 0 Å². The molecule has 5 rings (SSSR count). The van der Waals surface area contributed by atoms with Gasteiger partial charge in [0.25, 0.3) is 10.0 Å². The van der Waals surface area contributed by atoms with Crippen molar-refractivity contribution in [2.45, 2.75) is 18.6 Å². The zero-order chi connectivity index (χ0) is 22.6. The lowest BCUT2D eigenvalue weighted by Gasteiger charge is -2.25. The van der Waals surface area contributed by atoms with E-state index in [1.165, 1.54) is 18.6 Å². The summed E-state index contributed by atoms with van der Waals surface area (Å²) in [5.41, 5.74) is 1.55. The van der Waals surface area contributed by atoms with E-state index in [0.29, 0.717) is 28.0 Å². The highest BCUT2D eigenvalue weighted by atomic mass is 32.2. The number of anilines is 1. The molecule has 0 amide bonds. The van der Waals surface area contributed by atoms with Gasteiger partial charge in [-0.3, -0.25) is 5.10 Å². The Bertz CT molecular complexity index is 1430. The van der Waals surface area contributed by atoms with Gasteiger partial charge in [0.1, 0.15) is 17.8 Å². The van der Waals surface area contributed by atoms with Crippen molar-refractivity contribution in [3.05, 3.63) is 60.1 Å². The summed E-state index contributed by atoms with van der Waals surface area (Å²) in [7, 11) is -3.54. The summed E-state index contributed by atoms with van der Waals surface area (Å²) in [6, 6.07) is 4.08. The van der Waals surface area contributed by atoms with Gasteiger partial charge in [-0.2, -0.15) is 14.3 Å². The number of aromatic nitrogens is 5. The number of aromatic amines is 1. The van der Waals surface area contributed by atoms with E-state index >= 15 is 0 Å². The van der Waals surface area contributed by atoms with Crippen molar-refractivity contribution >= 4 is 26.9 Å². The maximum atomic E-state index is 14.4. The van der Waals surface area contributed by atoms with Crippen molar-refractivity contribution in [2.24, 2.45) is 0 Å². The Labute approximate surface area is 180 Å². The first kappa shape index (κ1) is 20.5. The lowest BCUT2D eigenvalue weighted by molar-refractivity contribution is 0.355. The van der Waals surface area contributed by atoms with E-state index in [-0.39, 0.29) is 18.5 Å². The molecule has 1 fully saturated rings. The Balaban J connectivity index is 1.58. The summed E-state index contributed by atoms with van der Waals surface area (Å²) >= 11 is 0. The number of nitrogens with zero attached hydrogens (tertiary/aromatic N) is 5. The van der Waals surface area contributed by atoms with E-state index in [1.54, 1.807) is 11.0 Å². The Morgan fingerprint density at radius 3 is 2.72 bits per heavy atom. The summed E-state index contributed by atoms with van der Waals surface area (Å²) in [6.07, 6.45) is 4.05. The molecule has 8 nitrogen and oxygen atoms in total. The molecule has 0 saturated carbocycles. The zero-order valence-corrected chi connectivity index (χ0v) is 17.5. The molecule has 0 radical (unpaired) electrons. The molecule has 0 unspecified atom stereocenters. The van der Waals surface area contributed by atoms with Crippen molar-refractivity contribution in [1.82, 2.24) is 24.4 Å². The van der Waals surface area contributed by atoms with Crippen molar-refractivity contribution < 1.29 is 21.6 Å². The highest BCUT2D eigenvalue weighted by Crippen LogP contribution is 2.40. The van der Waals surface area contributed by atoms with Crippen LogP contribution in [-0.2, 0) is 10.0 Å². The SMILES string of the molecule is CS(=O)(=O)n1cc(-c2cnc3[nH]nc(N4C[C@@H](F)C[C@@H]4c4cc(F)ccc4F)c3c2)cn1. The van der Waals surface area contributed by atoms with E-state index in [0.717, 1.165) is 28.5 Å². The summed E-state index contributed by atoms with van der Waals surface area (Å²) in [6.45, 7) is -0.0448. The number of benzene rings is 1. The van der Waals surface area contributed by atoms with E-state index in [2.05, 4.69) is 20.3 Å². The lowest BCUT2D eigenvalue weighted by Crippen LogP contribution is -2.25. The lowest BCUT2D eigenvalue weighted by atomic mass is 10.0. The molecule has 1 N–H and O–H groups in total. The van der Waals surface area contributed by atoms with Crippen LogP contribution in [0.4, 0.5) is 19.0 Å². The van der Waals surface area contributed by atoms with Crippen LogP contribution in [0.3, 0.4) is 0 Å². The number of halogens is 3. The molecule has 4 aromatic rings. The maximum Gasteiger partial charge on any atom is 0.250 e. The first-order chi connectivity index (χ1) is 15.2. The molecule has 12 heteroatoms. The van der Waals surface area contributed by atoms with Gasteiger partial charge in [-0.05, 0) is 24.3 Å². The summed E-state index contributed by atoms with van der Waals surface area (Å²) in [5, 5.41) is 11.4. The molecule has 3 aromatic heterocycles. The van der Waals surface area contributed by atoms with Crippen molar-refractivity contribution in [2.75, 3.05) is 17.7 Å². The normalized spacial score (nSPS) is 19.2. The molecule has 0 bridgehead atoms. The standard InChI is InChI=1S/C20H17F3N6O2S/c1-32(30,31)29-9-12(8-25-29)11-4-16-19(24-7-11)26-27-20(16)28-10-14(22)6-18(28)15-5-13(21)2-3-17(15)23/h2-5,7-9,14,18H,6,10H2,1H3,(H,24,26,27)/t14-,18+/m0/s1. The van der Waals surface area contributed by atoms with Gasteiger partial charge in [-0.25, -0.2) is 26.6 Å². The minimum atomic E-state index is -3.54. The molecule has 1 aliphatic heterocycles. The van der Waals surface area contributed by atoms with Crippen LogP contribution in [0.25, 0.3) is 22.2 Å². The Morgan fingerprint density at radius 1 is 1.16 bits per heavy atom. The van der Waals surface area contributed by atoms with Crippen molar-refractivity contribution in [3.63, 3.8) is 0 Å². The third-order valence-corrected chi connectivity index (χ3v) is 6.35. The fourth-order valence-electron chi connectivity index (χ4n) is 3.99. The monoisotopic (exact) mass is 462 g/mol. The summed E-state index contributed by atoms with van der Waals surface area (Å²) in [4.78, 5) is 5.90. The van der Waals surface area contributed by atoms with E-state index < -0.39 is 33.9 Å². The second-order valence-electron chi connectivity index (χ2n) is 7.70. The van der Waals surface area contributed by atoms with Crippen LogP contribution in [0, 0.1) is 11.6 Å². The number of hydrogen-bond donors (Lipinski definition) is 1. The van der Waals surface area contributed by atoms with E-state index in [4.69, 9.17) is 0 Å². The Kier molecular flexibility index (Phi) is 4.69. The number of hydrogen-bond acceptors (Lipinski definition) is 6. The van der Waals surface area contributed by atoms with Gasteiger partial charge in [0.05, 0.1) is 36.6 Å². The summed E-state index contributed by atoms with van der Waals surface area (Å²) < 4.78 is 66.9. The fourth-order valence-corrected chi connectivity index (χ4v) is 4.51. The Hall–Kier alpha value is -3.41. The maximum absolute atomic E-state index is 14.4. The van der Waals surface area contributed by atoms with Crippen LogP contribution in [0.15, 0.2) is 42.9 Å². The number of nitrogens with one attached hydrogen (secondary N) is 1. The van der Waals surface area contributed by atoms with E-state index in [1.807, 2.05) is 0 Å². The molecule has 1 saturated heterocycles. The number of pyridine rings is 1. The molecule has 2 atom stereocenters. The van der Waals surface area contributed by atoms with Crippen LogP contribution in [0.1, 0.15) is 18.0 Å². The van der Waals surface area contributed by atoms with Crippen LogP contribution in [0.2, 0.25) is 0 Å². The van der Waals surface area contributed by atoms with E-state index in [9.17, 15) is 21.6 Å². The molecule has 166 valence electrons. The minimum absolute atomic E-state index is 0.0109. The molecular weight excluding hydrogens is 445 g/mol. The second-order valence-corrected chi connectivity index (χ2v) is 9.54. The van der Waals surface area contributed by atoms with Gasteiger partial charge >= 0.3 is 0 Å². The van der Waals surface area contributed by atoms with Crippen molar-refractivity contribution in [1.29, 1.82) is 0 Å². The second kappa shape index (κ2) is 7.33. The third-order valence-electron chi connectivity index (χ3n) is 5.47. The number of alkyl halides is 1. The highest BCUT2D eigenvalue weighted by Gasteiger charge is 2.37. The Morgan fingerprint density at radius 2 is 1.97 bits per heavy atom. The first-order valence-corrected chi connectivity index (χ1v) is 11.5. The van der Waals surface area contributed by atoms with Crippen LogP contribution < -0.4 is 4.90 Å². The first-order valence-electron chi connectivity index (χ1n) is 9.66. The van der Waals surface area contributed by atoms with Crippen LogP contribution in [0.5, 0.6) is 0 Å². The molecular formula is C20H17F3N6O2S. The van der Waals surface area contributed by atoms with Gasteiger partial charge in [-0.15, -0.1) is 0 Å². The molecule has 1 aromatic carbocycles. The number of rotatable bonds is 4. The predicted octanol–water partition coefficient (Wildman–Crippen LogP) is 3.20. The predicted molar refractivity (Wildman–Crippen MR) is 111 cm³/mol. The average molecular weight is 462 g/mol. The smallest absolute Gasteiger partial charge is 0.250 e. The number of H-pyrrole nitrogens is 1. The van der Waals surface area contributed by atoms with Gasteiger partial charge in [0.15, 0.2) is 11.5 Å². The van der Waals surface area contributed by atoms with Crippen molar-refractivity contribution in [3.8, 4) is 11.1 Å². The average Bonchev–Trinajstić information content (AvgIpc) is 3.46. The van der Waals surface area contributed by atoms with Gasteiger partial charge < -0.3 is 4.90 Å².